The summed E-state index contributed by atoms with van der Waals surface area (Å²) in [5.74, 6) is 0. The predicted molar refractivity (Wildman–Crippen MR) is 122 cm³/mol. The van der Waals surface area contributed by atoms with E-state index in [-0.39, 0.29) is 21.2 Å². The first kappa shape index (κ1) is 23.4. The number of hydrogen-bond donors (Lipinski definition) is 0. The Morgan fingerprint density at radius 1 is 0.600 bits per heavy atom. The Kier molecular flexibility index (Phi) is 7.64. The van der Waals surface area contributed by atoms with Crippen LogP contribution in [0.5, 0.6) is 0 Å². The molecule has 0 saturated carbocycles. The van der Waals surface area contributed by atoms with Gasteiger partial charge < -0.3 is 0 Å². The maximum atomic E-state index is 10.8. The molecule has 0 radical (unpaired) electrons. The number of rotatable bonds is 11. The van der Waals surface area contributed by atoms with Crippen LogP contribution in [0, 0.1) is 20.2 Å². The van der Waals surface area contributed by atoms with Crippen LogP contribution in [0.4, 0.5) is 22.7 Å². The summed E-state index contributed by atoms with van der Waals surface area (Å²) in [7, 11) is 8.48. The lowest BCUT2D eigenvalue weighted by molar-refractivity contribution is -0.385. The van der Waals surface area contributed by atoms with Gasteiger partial charge in [-0.25, -0.2) is 0 Å². The summed E-state index contributed by atoms with van der Waals surface area (Å²) in [6.45, 7) is 1.94. The first-order valence-corrected chi connectivity index (χ1v) is 10.2. The van der Waals surface area contributed by atoms with Crippen molar-refractivity contribution in [2.75, 3.05) is 41.3 Å². The minimum atomic E-state index is -0.375. The van der Waals surface area contributed by atoms with Crippen molar-refractivity contribution < 1.29 is 9.85 Å². The van der Waals surface area contributed by atoms with Gasteiger partial charge in [0.25, 0.3) is 11.4 Å². The van der Waals surface area contributed by atoms with Crippen LogP contribution in [0.25, 0.3) is 0 Å². The summed E-state index contributed by atoms with van der Waals surface area (Å²) in [6, 6.07) is 13.6. The number of nitro groups is 2. The first-order valence-electron chi connectivity index (χ1n) is 10.2. The van der Waals surface area contributed by atoms with Gasteiger partial charge >= 0.3 is 0 Å². The molecule has 30 heavy (non-hydrogen) atoms. The highest BCUT2D eigenvalue weighted by atomic mass is 16.6. The van der Waals surface area contributed by atoms with E-state index in [0.29, 0.717) is 8.97 Å². The van der Waals surface area contributed by atoms with Crippen LogP contribution in [-0.4, -0.2) is 51.1 Å². The van der Waals surface area contributed by atoms with Crippen LogP contribution in [0.2, 0.25) is 0 Å². The van der Waals surface area contributed by atoms with E-state index in [4.69, 9.17) is 0 Å². The largest absolute Gasteiger partial charge is 0.296 e. The molecule has 8 nitrogen and oxygen atoms in total. The zero-order valence-electron chi connectivity index (χ0n) is 18.3. The molecule has 0 aliphatic carbocycles. The Morgan fingerprint density at radius 3 is 1.17 bits per heavy atom. The highest BCUT2D eigenvalue weighted by molar-refractivity contribution is 5.48. The number of hydrogen-bond acceptors (Lipinski definition) is 4. The molecule has 2 rings (SSSR count). The van der Waals surface area contributed by atoms with Crippen molar-refractivity contribution in [3.63, 3.8) is 0 Å². The van der Waals surface area contributed by atoms with Gasteiger partial charge in [-0.05, 0) is 25.7 Å². The van der Waals surface area contributed by atoms with Crippen LogP contribution in [0.3, 0.4) is 0 Å². The number of nitrogens with zero attached hydrogens (tertiary/aromatic N) is 4. The molecular formula is C22H32N4O4+2. The molecular weight excluding hydrogens is 384 g/mol. The standard InChI is InChI=1S/C22H32N4O4/c1-25(2,21-13-9-19(10-14-21)23(27)28)17-7-5-6-8-18-26(3,4)22-15-11-20(12-16-22)24(29)30/h9-16H,5-8,17-18H2,1-4H3/q+2. The summed E-state index contributed by atoms with van der Waals surface area (Å²) >= 11 is 0. The van der Waals surface area contributed by atoms with Gasteiger partial charge in [-0.15, -0.1) is 0 Å². The Bertz CT molecular complexity index is 788. The molecule has 0 unspecified atom stereocenters. The van der Waals surface area contributed by atoms with Crippen molar-refractivity contribution in [2.24, 2.45) is 0 Å². The number of unbranched alkanes of at least 4 members (excludes halogenated alkanes) is 3. The fourth-order valence-corrected chi connectivity index (χ4v) is 3.58. The molecule has 162 valence electrons. The van der Waals surface area contributed by atoms with Gasteiger partial charge in [0.05, 0.1) is 51.1 Å². The molecule has 0 heterocycles. The lowest BCUT2D eigenvalue weighted by atomic mass is 10.1. The third-order valence-corrected chi connectivity index (χ3v) is 5.70. The molecule has 0 aromatic heterocycles. The van der Waals surface area contributed by atoms with Gasteiger partial charge in [0, 0.05) is 48.5 Å². The average Bonchev–Trinajstić information content (AvgIpc) is 2.70. The Hall–Kier alpha value is -2.84. The van der Waals surface area contributed by atoms with Gasteiger partial charge in [0.1, 0.15) is 11.4 Å². The van der Waals surface area contributed by atoms with Crippen LogP contribution in [0.1, 0.15) is 25.7 Å². The summed E-state index contributed by atoms with van der Waals surface area (Å²) in [5.41, 5.74) is 2.37. The number of quaternary nitrogens is 2. The van der Waals surface area contributed by atoms with Crippen molar-refractivity contribution >= 4 is 22.7 Å². The molecule has 0 N–H and O–H groups in total. The van der Waals surface area contributed by atoms with Gasteiger partial charge in [0.2, 0.25) is 0 Å². The third-order valence-electron chi connectivity index (χ3n) is 5.70. The van der Waals surface area contributed by atoms with Crippen LogP contribution in [0.15, 0.2) is 48.5 Å². The van der Waals surface area contributed by atoms with Crippen molar-refractivity contribution in [1.29, 1.82) is 0 Å². The molecule has 0 bridgehead atoms. The van der Waals surface area contributed by atoms with Crippen LogP contribution < -0.4 is 8.97 Å². The maximum Gasteiger partial charge on any atom is 0.269 e. The van der Waals surface area contributed by atoms with Gasteiger partial charge in [-0.3, -0.25) is 29.2 Å². The molecule has 0 spiro atoms. The maximum absolute atomic E-state index is 10.8. The van der Waals surface area contributed by atoms with Crippen molar-refractivity contribution in [1.82, 2.24) is 8.97 Å². The Labute approximate surface area is 177 Å². The van der Waals surface area contributed by atoms with Gasteiger partial charge in [-0.1, -0.05) is 0 Å². The summed E-state index contributed by atoms with van der Waals surface area (Å²) in [5, 5.41) is 21.6. The fraction of sp³-hybridized carbons (Fsp3) is 0.455. The van der Waals surface area contributed by atoms with E-state index >= 15 is 0 Å². The molecule has 0 fully saturated rings. The first-order chi connectivity index (χ1) is 14.0. The lowest BCUT2D eigenvalue weighted by Gasteiger charge is -2.30. The second-order valence-electron chi connectivity index (χ2n) is 8.78. The van der Waals surface area contributed by atoms with E-state index in [1.54, 1.807) is 24.3 Å². The van der Waals surface area contributed by atoms with E-state index in [2.05, 4.69) is 28.2 Å². The summed E-state index contributed by atoms with van der Waals surface area (Å²) in [6.07, 6.45) is 4.40. The topological polar surface area (TPSA) is 86.3 Å². The van der Waals surface area contributed by atoms with Crippen LogP contribution >= 0.6 is 0 Å². The molecule has 2 aromatic rings. The number of nitro benzene ring substituents is 2. The average molecular weight is 417 g/mol. The molecule has 2 aromatic carbocycles. The fourth-order valence-electron chi connectivity index (χ4n) is 3.58. The third kappa shape index (κ3) is 6.33. The van der Waals surface area contributed by atoms with Gasteiger partial charge in [0.15, 0.2) is 0 Å². The quantitative estimate of drug-likeness (QED) is 0.226. The van der Waals surface area contributed by atoms with Crippen molar-refractivity contribution in [3.8, 4) is 0 Å². The van der Waals surface area contributed by atoms with Gasteiger partial charge in [-0.2, -0.15) is 0 Å². The van der Waals surface area contributed by atoms with Crippen molar-refractivity contribution in [2.45, 2.75) is 25.7 Å². The smallest absolute Gasteiger partial charge is 0.269 e. The number of non-ortho nitro benzene ring substituents is 2. The monoisotopic (exact) mass is 416 g/mol. The molecule has 0 amide bonds. The van der Waals surface area contributed by atoms with E-state index < -0.39 is 0 Å². The highest BCUT2D eigenvalue weighted by Gasteiger charge is 2.21. The van der Waals surface area contributed by atoms with E-state index in [1.165, 1.54) is 0 Å². The molecule has 0 atom stereocenters. The second-order valence-corrected chi connectivity index (χ2v) is 8.78. The Morgan fingerprint density at radius 2 is 0.900 bits per heavy atom. The zero-order valence-corrected chi connectivity index (χ0v) is 18.3. The number of benzene rings is 2. The molecule has 8 heteroatoms. The lowest BCUT2D eigenvalue weighted by Crippen LogP contribution is -2.41. The predicted octanol–water partition coefficient (Wildman–Crippen LogP) is 4.90. The Balaban J connectivity index is 1.76. The molecule has 0 aliphatic heterocycles. The van der Waals surface area contributed by atoms with E-state index in [9.17, 15) is 20.2 Å². The van der Waals surface area contributed by atoms with E-state index in [0.717, 1.165) is 50.1 Å². The van der Waals surface area contributed by atoms with Crippen molar-refractivity contribution in [3.05, 3.63) is 68.8 Å². The second kappa shape index (κ2) is 9.77. The molecule has 0 saturated heterocycles. The normalized spacial score (nSPS) is 12.0. The highest BCUT2D eigenvalue weighted by Crippen LogP contribution is 2.25. The minimum absolute atomic E-state index is 0.118. The summed E-state index contributed by atoms with van der Waals surface area (Å²) < 4.78 is 1.39. The minimum Gasteiger partial charge on any atom is -0.296 e. The SMILES string of the molecule is C[N+](C)(CCCCCC[N+](C)(C)c1ccc([N+](=O)[O-])cc1)c1ccc([N+](=O)[O-])cc1. The summed E-state index contributed by atoms with van der Waals surface area (Å²) in [4.78, 5) is 20.9. The molecule has 0 aliphatic rings. The van der Waals surface area contributed by atoms with Crippen LogP contribution in [-0.2, 0) is 0 Å². The zero-order chi connectivity index (χ0) is 22.4. The van der Waals surface area contributed by atoms with E-state index in [1.807, 2.05) is 24.3 Å².